The fourth-order valence-corrected chi connectivity index (χ4v) is 1.54. The van der Waals surface area contributed by atoms with Crippen LogP contribution in [0.5, 0.6) is 0 Å². The van der Waals surface area contributed by atoms with Gasteiger partial charge in [-0.15, -0.1) is 0 Å². The van der Waals surface area contributed by atoms with Gasteiger partial charge in [-0.05, 0) is 24.5 Å². The molecule has 0 saturated carbocycles. The fourth-order valence-electron chi connectivity index (χ4n) is 1.54. The normalized spacial score (nSPS) is 16.0. The number of carbonyl (C=O) groups is 1. The first-order valence-electron chi connectivity index (χ1n) is 6.02. The van der Waals surface area contributed by atoms with Gasteiger partial charge in [-0.25, -0.2) is 0 Å². The van der Waals surface area contributed by atoms with Gasteiger partial charge in [0.1, 0.15) is 0 Å². The third-order valence-electron chi connectivity index (χ3n) is 3.10. The molecular weight excluding hydrogens is 214 g/mol. The molecule has 0 bridgehead atoms. The highest BCUT2D eigenvalue weighted by atomic mass is 16.2. The van der Waals surface area contributed by atoms with Crippen molar-refractivity contribution >= 4 is 5.91 Å². The zero-order valence-electron chi connectivity index (χ0n) is 10.7. The monoisotopic (exact) mass is 235 g/mol. The summed E-state index contributed by atoms with van der Waals surface area (Å²) in [5, 5.41) is 2.91. The second-order valence-corrected chi connectivity index (χ2v) is 4.43. The molecule has 1 aromatic heterocycles. The summed E-state index contributed by atoms with van der Waals surface area (Å²) in [6.07, 6.45) is 4.36. The molecule has 94 valence electrons. The molecule has 0 radical (unpaired) electrons. The van der Waals surface area contributed by atoms with E-state index < -0.39 is 6.04 Å². The van der Waals surface area contributed by atoms with Gasteiger partial charge < -0.3 is 11.1 Å². The molecule has 1 rings (SSSR count). The van der Waals surface area contributed by atoms with Crippen molar-refractivity contribution in [2.45, 2.75) is 39.3 Å². The van der Waals surface area contributed by atoms with Crippen LogP contribution in [0.25, 0.3) is 0 Å². The molecule has 1 unspecified atom stereocenters. The number of carbonyl (C=O) groups excluding carboxylic acids is 1. The van der Waals surface area contributed by atoms with E-state index in [1.165, 1.54) is 0 Å². The van der Waals surface area contributed by atoms with Crippen LogP contribution >= 0.6 is 0 Å². The minimum absolute atomic E-state index is 0.0636. The maximum atomic E-state index is 11.9. The van der Waals surface area contributed by atoms with Gasteiger partial charge in [-0.1, -0.05) is 26.3 Å². The number of nitrogens with one attached hydrogen (secondary N) is 1. The molecule has 3 N–H and O–H groups in total. The maximum absolute atomic E-state index is 11.9. The Hall–Kier alpha value is -1.42. The van der Waals surface area contributed by atoms with Crippen molar-refractivity contribution in [3.63, 3.8) is 0 Å². The topological polar surface area (TPSA) is 68.0 Å². The Bertz CT molecular complexity index is 353. The summed E-state index contributed by atoms with van der Waals surface area (Å²) in [6.45, 7) is 5.94. The van der Waals surface area contributed by atoms with Gasteiger partial charge >= 0.3 is 0 Å². The van der Waals surface area contributed by atoms with E-state index in [0.29, 0.717) is 0 Å². The number of nitrogens with zero attached hydrogens (tertiary/aromatic N) is 1. The fraction of sp³-hybridized carbons (Fsp3) is 0.538. The van der Waals surface area contributed by atoms with Gasteiger partial charge in [0, 0.05) is 12.4 Å². The van der Waals surface area contributed by atoms with E-state index in [2.05, 4.69) is 10.3 Å². The van der Waals surface area contributed by atoms with Crippen molar-refractivity contribution in [1.82, 2.24) is 10.3 Å². The highest BCUT2D eigenvalue weighted by Crippen LogP contribution is 2.11. The minimum atomic E-state index is -0.445. The number of aromatic nitrogens is 1. The maximum Gasteiger partial charge on any atom is 0.237 e. The summed E-state index contributed by atoms with van der Waals surface area (Å²) in [5.41, 5.74) is 6.85. The van der Waals surface area contributed by atoms with Crippen LogP contribution in [0.2, 0.25) is 0 Å². The summed E-state index contributed by atoms with van der Waals surface area (Å²) in [6, 6.07) is 3.28. The van der Waals surface area contributed by atoms with Gasteiger partial charge in [0.2, 0.25) is 5.91 Å². The predicted molar refractivity (Wildman–Crippen MR) is 68.2 cm³/mol. The SMILES string of the molecule is CCC(C)[C@H](N)C(=O)N[C@H](C)c1cccnc1. The summed E-state index contributed by atoms with van der Waals surface area (Å²) >= 11 is 0. The summed E-state index contributed by atoms with van der Waals surface area (Å²) in [7, 11) is 0. The Morgan fingerprint density at radius 2 is 2.24 bits per heavy atom. The van der Waals surface area contributed by atoms with Gasteiger partial charge in [-0.3, -0.25) is 9.78 Å². The van der Waals surface area contributed by atoms with E-state index in [0.717, 1.165) is 12.0 Å². The molecular formula is C13H21N3O. The van der Waals surface area contributed by atoms with E-state index in [-0.39, 0.29) is 17.9 Å². The zero-order chi connectivity index (χ0) is 12.8. The van der Waals surface area contributed by atoms with Crippen LogP contribution in [0.4, 0.5) is 0 Å². The molecule has 3 atom stereocenters. The molecule has 0 fully saturated rings. The van der Waals surface area contributed by atoms with Crippen LogP contribution < -0.4 is 11.1 Å². The Kier molecular flexibility index (Phi) is 5.10. The molecule has 0 spiro atoms. The number of nitrogens with two attached hydrogens (primary N) is 1. The smallest absolute Gasteiger partial charge is 0.237 e. The lowest BCUT2D eigenvalue weighted by Crippen LogP contribution is -2.45. The standard InChI is InChI=1S/C13H21N3O/c1-4-9(2)12(14)13(17)16-10(3)11-6-5-7-15-8-11/h5-10,12H,4,14H2,1-3H3,(H,16,17)/t9?,10-,12+/m1/s1. The molecule has 0 aliphatic carbocycles. The van der Waals surface area contributed by atoms with Crippen LogP contribution in [0.1, 0.15) is 38.8 Å². The largest absolute Gasteiger partial charge is 0.348 e. The molecule has 0 aromatic carbocycles. The average Bonchev–Trinajstić information content (AvgIpc) is 2.37. The zero-order valence-corrected chi connectivity index (χ0v) is 10.7. The van der Waals surface area contributed by atoms with Crippen LogP contribution in [0.15, 0.2) is 24.5 Å². The molecule has 4 nitrogen and oxygen atoms in total. The van der Waals surface area contributed by atoms with Gasteiger partial charge in [0.05, 0.1) is 12.1 Å². The first-order chi connectivity index (χ1) is 8.06. The lowest BCUT2D eigenvalue weighted by atomic mass is 9.99. The number of pyridine rings is 1. The molecule has 17 heavy (non-hydrogen) atoms. The second-order valence-electron chi connectivity index (χ2n) is 4.43. The molecule has 1 heterocycles. The Morgan fingerprint density at radius 3 is 2.76 bits per heavy atom. The van der Waals surface area contributed by atoms with E-state index in [1.807, 2.05) is 32.9 Å². The quantitative estimate of drug-likeness (QED) is 0.815. The average molecular weight is 235 g/mol. The highest BCUT2D eigenvalue weighted by molar-refractivity contribution is 5.82. The summed E-state index contributed by atoms with van der Waals surface area (Å²) in [5.74, 6) is 0.0896. The third kappa shape index (κ3) is 3.82. The lowest BCUT2D eigenvalue weighted by molar-refractivity contribution is -0.124. The number of rotatable bonds is 5. The highest BCUT2D eigenvalue weighted by Gasteiger charge is 2.21. The first-order valence-corrected chi connectivity index (χ1v) is 6.02. The Balaban J connectivity index is 2.57. The van der Waals surface area contributed by atoms with Crippen LogP contribution in [-0.4, -0.2) is 16.9 Å². The van der Waals surface area contributed by atoms with Crippen molar-refractivity contribution in [1.29, 1.82) is 0 Å². The van der Waals surface area contributed by atoms with E-state index in [4.69, 9.17) is 5.73 Å². The predicted octanol–water partition coefficient (Wildman–Crippen LogP) is 1.63. The molecule has 0 aliphatic rings. The van der Waals surface area contributed by atoms with Gasteiger partial charge in [-0.2, -0.15) is 0 Å². The van der Waals surface area contributed by atoms with Crippen molar-refractivity contribution in [2.75, 3.05) is 0 Å². The molecule has 1 aromatic rings. The van der Waals surface area contributed by atoms with Crippen molar-refractivity contribution in [3.05, 3.63) is 30.1 Å². The van der Waals surface area contributed by atoms with Crippen LogP contribution in [-0.2, 0) is 4.79 Å². The molecule has 1 amide bonds. The third-order valence-corrected chi connectivity index (χ3v) is 3.10. The number of hydrogen-bond donors (Lipinski definition) is 2. The first kappa shape index (κ1) is 13.6. The van der Waals surface area contributed by atoms with Gasteiger partial charge in [0.25, 0.3) is 0 Å². The Morgan fingerprint density at radius 1 is 1.53 bits per heavy atom. The lowest BCUT2D eigenvalue weighted by Gasteiger charge is -2.21. The molecule has 0 saturated heterocycles. The van der Waals surface area contributed by atoms with E-state index in [1.54, 1.807) is 12.4 Å². The summed E-state index contributed by atoms with van der Waals surface area (Å²) < 4.78 is 0. The van der Waals surface area contributed by atoms with Crippen molar-refractivity contribution < 1.29 is 4.79 Å². The summed E-state index contributed by atoms with van der Waals surface area (Å²) in [4.78, 5) is 15.9. The van der Waals surface area contributed by atoms with Crippen LogP contribution in [0, 0.1) is 5.92 Å². The van der Waals surface area contributed by atoms with Crippen molar-refractivity contribution in [2.24, 2.45) is 11.7 Å². The molecule has 4 heteroatoms. The van der Waals surface area contributed by atoms with Gasteiger partial charge in [0.15, 0.2) is 0 Å². The van der Waals surface area contributed by atoms with Crippen molar-refractivity contribution in [3.8, 4) is 0 Å². The number of hydrogen-bond acceptors (Lipinski definition) is 3. The number of amides is 1. The second kappa shape index (κ2) is 6.35. The minimum Gasteiger partial charge on any atom is -0.348 e. The van der Waals surface area contributed by atoms with E-state index in [9.17, 15) is 4.79 Å². The molecule has 0 aliphatic heterocycles. The van der Waals surface area contributed by atoms with Crippen LogP contribution in [0.3, 0.4) is 0 Å². The van der Waals surface area contributed by atoms with E-state index >= 15 is 0 Å². The Labute approximate surface area is 103 Å².